The topological polar surface area (TPSA) is 88.1 Å². The first-order valence-corrected chi connectivity index (χ1v) is 8.35. The van der Waals surface area contributed by atoms with Gasteiger partial charge in [0.25, 0.3) is 0 Å². The molecule has 0 saturated heterocycles. The zero-order valence-corrected chi connectivity index (χ0v) is 15.2. The first-order valence-electron chi connectivity index (χ1n) is 8.35. The largest absolute Gasteiger partial charge is 0.493 e. The minimum Gasteiger partial charge on any atom is -0.493 e. The number of carboxylic acids is 1. The zero-order chi connectivity index (χ0) is 18.7. The molecule has 0 aromatic heterocycles. The van der Waals surface area contributed by atoms with Gasteiger partial charge in [0, 0.05) is 19.5 Å². The summed E-state index contributed by atoms with van der Waals surface area (Å²) < 4.78 is 11.1. The molecule has 1 aromatic carbocycles. The van der Waals surface area contributed by atoms with Gasteiger partial charge in [-0.3, -0.25) is 9.59 Å². The Kier molecular flexibility index (Phi) is 9.39. The molecule has 0 aliphatic carbocycles. The van der Waals surface area contributed by atoms with Crippen molar-refractivity contribution < 1.29 is 24.2 Å². The number of rotatable bonds is 12. The minimum atomic E-state index is -0.971. The highest BCUT2D eigenvalue weighted by molar-refractivity contribution is 5.80. The molecule has 140 valence electrons. The zero-order valence-electron chi connectivity index (χ0n) is 15.2. The van der Waals surface area contributed by atoms with Gasteiger partial charge in [0.2, 0.25) is 5.91 Å². The van der Waals surface area contributed by atoms with Crippen molar-refractivity contribution in [3.63, 3.8) is 0 Å². The van der Waals surface area contributed by atoms with Crippen LogP contribution in [-0.4, -0.2) is 62.8 Å². The summed E-state index contributed by atoms with van der Waals surface area (Å²) in [5, 5.41) is 11.3. The van der Waals surface area contributed by atoms with E-state index in [0.29, 0.717) is 31.1 Å². The number of ether oxygens (including phenoxy) is 2. The normalized spacial score (nSPS) is 10.6. The van der Waals surface area contributed by atoms with Crippen molar-refractivity contribution in [3.8, 4) is 11.5 Å². The Bertz CT molecular complexity index is 560. The van der Waals surface area contributed by atoms with E-state index in [1.807, 2.05) is 32.3 Å². The van der Waals surface area contributed by atoms with Crippen molar-refractivity contribution in [2.24, 2.45) is 0 Å². The number of nitrogens with one attached hydrogen (secondary N) is 1. The van der Waals surface area contributed by atoms with Gasteiger partial charge in [-0.2, -0.15) is 0 Å². The highest BCUT2D eigenvalue weighted by Crippen LogP contribution is 2.28. The quantitative estimate of drug-likeness (QED) is 0.555. The molecule has 0 radical (unpaired) electrons. The molecule has 0 aliphatic heterocycles. The average Bonchev–Trinajstić information content (AvgIpc) is 2.57. The van der Waals surface area contributed by atoms with Crippen LogP contribution in [0.5, 0.6) is 11.5 Å². The molecule has 0 heterocycles. The van der Waals surface area contributed by atoms with E-state index in [1.165, 1.54) is 0 Å². The molecule has 1 amide bonds. The van der Waals surface area contributed by atoms with Crippen LogP contribution < -0.4 is 14.8 Å². The fourth-order valence-corrected chi connectivity index (χ4v) is 2.20. The second-order valence-electron chi connectivity index (χ2n) is 5.98. The van der Waals surface area contributed by atoms with Crippen LogP contribution in [0.15, 0.2) is 18.2 Å². The third-order valence-electron chi connectivity index (χ3n) is 3.54. The molecule has 0 aliphatic rings. The number of hydrogen-bond donors (Lipinski definition) is 2. The second-order valence-corrected chi connectivity index (χ2v) is 5.98. The molecule has 0 fully saturated rings. The van der Waals surface area contributed by atoms with E-state index in [2.05, 4.69) is 10.2 Å². The SMILES string of the molecule is COc1cc(CCNC(=O)CCC(=O)O)ccc1OCCCN(C)C. The van der Waals surface area contributed by atoms with Crippen LogP contribution in [-0.2, 0) is 16.0 Å². The number of hydrogen-bond acceptors (Lipinski definition) is 5. The average molecular weight is 352 g/mol. The van der Waals surface area contributed by atoms with Gasteiger partial charge < -0.3 is 24.8 Å². The lowest BCUT2D eigenvalue weighted by Crippen LogP contribution is -2.26. The number of carbonyl (C=O) groups is 2. The van der Waals surface area contributed by atoms with Crippen LogP contribution in [0.3, 0.4) is 0 Å². The molecular formula is C18H28N2O5. The van der Waals surface area contributed by atoms with Crippen LogP contribution in [0.1, 0.15) is 24.8 Å². The maximum atomic E-state index is 11.5. The molecule has 7 nitrogen and oxygen atoms in total. The number of amides is 1. The summed E-state index contributed by atoms with van der Waals surface area (Å²) in [6.45, 7) is 2.03. The number of carbonyl (C=O) groups excluding carboxylic acids is 1. The van der Waals surface area contributed by atoms with Crippen molar-refractivity contribution in [1.82, 2.24) is 10.2 Å². The highest BCUT2D eigenvalue weighted by Gasteiger charge is 2.08. The lowest BCUT2D eigenvalue weighted by Gasteiger charge is -2.14. The van der Waals surface area contributed by atoms with Crippen LogP contribution in [0.4, 0.5) is 0 Å². The molecule has 2 N–H and O–H groups in total. The Hall–Kier alpha value is -2.28. The van der Waals surface area contributed by atoms with E-state index in [1.54, 1.807) is 7.11 Å². The standard InChI is InChI=1S/C18H28N2O5/c1-20(2)11-4-12-25-15-6-5-14(13-16(15)24-3)9-10-19-17(21)7-8-18(22)23/h5-6,13H,4,7-12H2,1-3H3,(H,19,21)(H,22,23). The van der Waals surface area contributed by atoms with Gasteiger partial charge in [-0.15, -0.1) is 0 Å². The summed E-state index contributed by atoms with van der Waals surface area (Å²) in [4.78, 5) is 24.0. The van der Waals surface area contributed by atoms with Gasteiger partial charge >= 0.3 is 5.97 Å². The summed E-state index contributed by atoms with van der Waals surface area (Å²) in [7, 11) is 5.64. The third-order valence-corrected chi connectivity index (χ3v) is 3.54. The highest BCUT2D eigenvalue weighted by atomic mass is 16.5. The number of aliphatic carboxylic acids is 1. The molecule has 7 heteroatoms. The van der Waals surface area contributed by atoms with Crippen LogP contribution in [0, 0.1) is 0 Å². The maximum absolute atomic E-state index is 11.5. The monoisotopic (exact) mass is 352 g/mol. The minimum absolute atomic E-state index is 0.00161. The fourth-order valence-electron chi connectivity index (χ4n) is 2.20. The number of nitrogens with zero attached hydrogens (tertiary/aromatic N) is 1. The Morgan fingerprint density at radius 3 is 2.60 bits per heavy atom. The summed E-state index contributed by atoms with van der Waals surface area (Å²) in [5.41, 5.74) is 1.01. The number of carboxylic acid groups (broad SMARTS) is 1. The predicted octanol–water partition coefficient (Wildman–Crippen LogP) is 1.55. The van der Waals surface area contributed by atoms with Gasteiger partial charge in [0.1, 0.15) is 0 Å². The van der Waals surface area contributed by atoms with Gasteiger partial charge in [-0.1, -0.05) is 6.07 Å². The summed E-state index contributed by atoms with van der Waals surface area (Å²) in [6.07, 6.45) is 1.41. The second kappa shape index (κ2) is 11.3. The molecule has 0 saturated carbocycles. The molecule has 25 heavy (non-hydrogen) atoms. The van der Waals surface area contributed by atoms with E-state index in [-0.39, 0.29) is 18.7 Å². The van der Waals surface area contributed by atoms with Gasteiger partial charge in [0.15, 0.2) is 11.5 Å². The van der Waals surface area contributed by atoms with E-state index in [0.717, 1.165) is 18.5 Å². The Labute approximate surface area is 148 Å². The molecule has 0 unspecified atom stereocenters. The molecular weight excluding hydrogens is 324 g/mol. The first-order chi connectivity index (χ1) is 11.9. The van der Waals surface area contributed by atoms with E-state index in [9.17, 15) is 9.59 Å². The summed E-state index contributed by atoms with van der Waals surface area (Å²) in [5.74, 6) is 0.145. The van der Waals surface area contributed by atoms with E-state index >= 15 is 0 Å². The summed E-state index contributed by atoms with van der Waals surface area (Å²) in [6, 6.07) is 5.70. The fraction of sp³-hybridized carbons (Fsp3) is 0.556. The van der Waals surface area contributed by atoms with Gasteiger partial charge in [-0.25, -0.2) is 0 Å². The van der Waals surface area contributed by atoms with Crippen LogP contribution in [0.2, 0.25) is 0 Å². The van der Waals surface area contributed by atoms with Crippen molar-refractivity contribution in [1.29, 1.82) is 0 Å². The Morgan fingerprint density at radius 2 is 1.96 bits per heavy atom. The molecule has 0 bridgehead atoms. The number of benzene rings is 1. The van der Waals surface area contributed by atoms with Crippen molar-refractivity contribution in [3.05, 3.63) is 23.8 Å². The van der Waals surface area contributed by atoms with Crippen LogP contribution in [0.25, 0.3) is 0 Å². The third kappa shape index (κ3) is 8.95. The lowest BCUT2D eigenvalue weighted by atomic mass is 10.1. The molecule has 1 rings (SSSR count). The Balaban J connectivity index is 2.43. The lowest BCUT2D eigenvalue weighted by molar-refractivity contribution is -0.138. The first kappa shape index (κ1) is 20.8. The molecule has 0 atom stereocenters. The van der Waals surface area contributed by atoms with E-state index < -0.39 is 5.97 Å². The van der Waals surface area contributed by atoms with Crippen molar-refractivity contribution in [2.75, 3.05) is 40.9 Å². The molecule has 1 aromatic rings. The smallest absolute Gasteiger partial charge is 0.303 e. The number of methoxy groups -OCH3 is 1. The Morgan fingerprint density at radius 1 is 1.20 bits per heavy atom. The van der Waals surface area contributed by atoms with Gasteiger partial charge in [-0.05, 0) is 44.6 Å². The predicted molar refractivity (Wildman–Crippen MR) is 95.2 cm³/mol. The molecule has 0 spiro atoms. The summed E-state index contributed by atoms with van der Waals surface area (Å²) >= 11 is 0. The van der Waals surface area contributed by atoms with Gasteiger partial charge in [0.05, 0.1) is 20.1 Å². The van der Waals surface area contributed by atoms with Crippen molar-refractivity contribution in [2.45, 2.75) is 25.7 Å². The van der Waals surface area contributed by atoms with E-state index in [4.69, 9.17) is 14.6 Å². The van der Waals surface area contributed by atoms with Crippen LogP contribution >= 0.6 is 0 Å². The van der Waals surface area contributed by atoms with Crippen molar-refractivity contribution >= 4 is 11.9 Å². The maximum Gasteiger partial charge on any atom is 0.303 e.